The fourth-order valence-corrected chi connectivity index (χ4v) is 2.90. The van der Waals surface area contributed by atoms with Gasteiger partial charge in [0.1, 0.15) is 5.78 Å². The van der Waals surface area contributed by atoms with Gasteiger partial charge in [-0.3, -0.25) is 14.8 Å². The van der Waals surface area contributed by atoms with Crippen molar-refractivity contribution >= 4 is 11.5 Å². The van der Waals surface area contributed by atoms with Gasteiger partial charge in [-0.1, -0.05) is 37.3 Å². The summed E-state index contributed by atoms with van der Waals surface area (Å²) in [7, 11) is 0. The fraction of sp³-hybridized carbons (Fsp3) is 0.316. The molecule has 0 spiro atoms. The topological polar surface area (TPSA) is 42.3 Å². The van der Waals surface area contributed by atoms with E-state index in [0.717, 1.165) is 17.0 Å². The molecule has 0 N–H and O–H groups in total. The molecule has 3 rings (SSSR count). The standard InChI is InChI=1S/C19H20N2O/c1-13(15-6-4-3-5-7-15)8-18(22)10-17-9-16-11-20-14(2)19(16)12-21-17/h3-7,9,12-13H,8,10-11H2,1-2H3/t13-/m0/s1. The number of ketones is 1. The molecule has 3 nitrogen and oxygen atoms in total. The molecule has 1 aromatic heterocycles. The Morgan fingerprint density at radius 3 is 2.82 bits per heavy atom. The second kappa shape index (κ2) is 6.22. The molecular formula is C19H20N2O. The van der Waals surface area contributed by atoms with Crippen molar-refractivity contribution in [3.63, 3.8) is 0 Å². The first-order valence-electron chi connectivity index (χ1n) is 7.69. The average molecular weight is 292 g/mol. The first-order valence-corrected chi connectivity index (χ1v) is 7.69. The van der Waals surface area contributed by atoms with Crippen LogP contribution in [0, 0.1) is 0 Å². The zero-order chi connectivity index (χ0) is 15.5. The lowest BCUT2D eigenvalue weighted by molar-refractivity contribution is -0.118. The highest BCUT2D eigenvalue weighted by Crippen LogP contribution is 2.21. The van der Waals surface area contributed by atoms with E-state index in [1.54, 1.807) is 0 Å². The summed E-state index contributed by atoms with van der Waals surface area (Å²) in [6.45, 7) is 4.81. The molecule has 0 amide bonds. The number of aliphatic imine (C=N–C) groups is 1. The molecule has 0 saturated heterocycles. The third kappa shape index (κ3) is 3.14. The first kappa shape index (κ1) is 14.6. The summed E-state index contributed by atoms with van der Waals surface area (Å²) in [5.41, 5.74) is 5.41. The molecule has 112 valence electrons. The lowest BCUT2D eigenvalue weighted by Crippen LogP contribution is -2.09. The van der Waals surface area contributed by atoms with E-state index in [1.165, 1.54) is 11.1 Å². The van der Waals surface area contributed by atoms with Crippen LogP contribution in [0.25, 0.3) is 0 Å². The minimum Gasteiger partial charge on any atom is -0.299 e. The Balaban J connectivity index is 1.63. The Morgan fingerprint density at radius 2 is 2.05 bits per heavy atom. The summed E-state index contributed by atoms with van der Waals surface area (Å²) < 4.78 is 0. The van der Waals surface area contributed by atoms with E-state index in [4.69, 9.17) is 0 Å². The summed E-state index contributed by atoms with van der Waals surface area (Å²) in [6.07, 6.45) is 2.81. The van der Waals surface area contributed by atoms with Crippen molar-refractivity contribution in [3.05, 3.63) is 65.0 Å². The molecule has 1 aliphatic rings. The minimum absolute atomic E-state index is 0.236. The van der Waals surface area contributed by atoms with Crippen molar-refractivity contribution in [2.45, 2.75) is 39.2 Å². The summed E-state index contributed by atoms with van der Waals surface area (Å²) in [5, 5.41) is 0. The SMILES string of the molecule is CC1=NCc2cc(CC(=O)C[C@H](C)c3ccccc3)ncc21. The highest BCUT2D eigenvalue weighted by atomic mass is 16.1. The van der Waals surface area contributed by atoms with Crippen LogP contribution in [0.1, 0.15) is 48.6 Å². The quantitative estimate of drug-likeness (QED) is 0.843. The predicted octanol–water partition coefficient (Wildman–Crippen LogP) is 3.71. The van der Waals surface area contributed by atoms with Gasteiger partial charge in [0.15, 0.2) is 0 Å². The zero-order valence-electron chi connectivity index (χ0n) is 13.0. The maximum atomic E-state index is 12.3. The minimum atomic E-state index is 0.236. The number of aromatic nitrogens is 1. The molecule has 1 atom stereocenters. The van der Waals surface area contributed by atoms with E-state index in [2.05, 4.69) is 29.0 Å². The van der Waals surface area contributed by atoms with Gasteiger partial charge in [-0.25, -0.2) is 0 Å². The van der Waals surface area contributed by atoms with Crippen LogP contribution in [0.2, 0.25) is 0 Å². The fourth-order valence-electron chi connectivity index (χ4n) is 2.90. The molecule has 1 aromatic carbocycles. The number of carbonyl (C=O) groups is 1. The molecule has 1 aliphatic heterocycles. The van der Waals surface area contributed by atoms with Gasteiger partial charge in [-0.15, -0.1) is 0 Å². The molecule has 2 heterocycles. The van der Waals surface area contributed by atoms with E-state index >= 15 is 0 Å². The van der Waals surface area contributed by atoms with Gasteiger partial charge in [0, 0.05) is 36.0 Å². The van der Waals surface area contributed by atoms with Crippen molar-refractivity contribution in [1.82, 2.24) is 4.98 Å². The zero-order valence-corrected chi connectivity index (χ0v) is 13.0. The van der Waals surface area contributed by atoms with Crippen molar-refractivity contribution in [2.24, 2.45) is 4.99 Å². The molecule has 0 saturated carbocycles. The molecule has 22 heavy (non-hydrogen) atoms. The first-order chi connectivity index (χ1) is 10.6. The maximum Gasteiger partial charge on any atom is 0.139 e. The Kier molecular flexibility index (Phi) is 4.14. The number of Topliss-reactive ketones (excluding diaryl/α,β-unsaturated/α-hetero) is 1. The third-order valence-electron chi connectivity index (χ3n) is 4.20. The van der Waals surface area contributed by atoms with Gasteiger partial charge >= 0.3 is 0 Å². The molecule has 3 heteroatoms. The Morgan fingerprint density at radius 1 is 1.27 bits per heavy atom. The van der Waals surface area contributed by atoms with Gasteiger partial charge in [-0.2, -0.15) is 0 Å². The van der Waals surface area contributed by atoms with Crippen LogP contribution in [-0.2, 0) is 17.8 Å². The van der Waals surface area contributed by atoms with Gasteiger partial charge < -0.3 is 0 Å². The van der Waals surface area contributed by atoms with Crippen LogP contribution in [0.15, 0.2) is 47.6 Å². The van der Waals surface area contributed by atoms with Crippen LogP contribution >= 0.6 is 0 Å². The second-order valence-corrected chi connectivity index (χ2v) is 5.97. The number of carbonyl (C=O) groups excluding carboxylic acids is 1. The third-order valence-corrected chi connectivity index (χ3v) is 4.20. The Hall–Kier alpha value is -2.29. The lowest BCUT2D eigenvalue weighted by atomic mass is 9.94. The van der Waals surface area contributed by atoms with Crippen molar-refractivity contribution in [3.8, 4) is 0 Å². The Bertz CT molecular complexity index is 719. The predicted molar refractivity (Wildman–Crippen MR) is 88.3 cm³/mol. The van der Waals surface area contributed by atoms with Gasteiger partial charge in [-0.05, 0) is 30.0 Å². The molecule has 0 bridgehead atoms. The monoisotopic (exact) mass is 292 g/mol. The number of hydrogen-bond acceptors (Lipinski definition) is 3. The molecule has 0 fully saturated rings. The molecule has 0 radical (unpaired) electrons. The highest BCUT2D eigenvalue weighted by molar-refractivity contribution is 6.01. The summed E-state index contributed by atoms with van der Waals surface area (Å²) >= 11 is 0. The number of fused-ring (bicyclic) bond motifs is 1. The van der Waals surface area contributed by atoms with E-state index in [9.17, 15) is 4.79 Å². The van der Waals surface area contributed by atoms with Crippen LogP contribution in [0.5, 0.6) is 0 Å². The number of hydrogen-bond donors (Lipinski definition) is 0. The van der Waals surface area contributed by atoms with Crippen molar-refractivity contribution in [2.75, 3.05) is 0 Å². The molecule has 0 unspecified atom stereocenters. The number of rotatable bonds is 5. The Labute approximate surface area is 131 Å². The van der Waals surface area contributed by atoms with E-state index in [-0.39, 0.29) is 11.7 Å². The van der Waals surface area contributed by atoms with Gasteiger partial charge in [0.05, 0.1) is 6.54 Å². The number of pyridine rings is 1. The van der Waals surface area contributed by atoms with Gasteiger partial charge in [0.25, 0.3) is 0 Å². The molecule has 2 aromatic rings. The van der Waals surface area contributed by atoms with Crippen LogP contribution in [0.4, 0.5) is 0 Å². The van der Waals surface area contributed by atoms with Crippen LogP contribution in [-0.4, -0.2) is 16.5 Å². The van der Waals surface area contributed by atoms with Crippen molar-refractivity contribution in [1.29, 1.82) is 0 Å². The second-order valence-electron chi connectivity index (χ2n) is 5.97. The summed E-state index contributed by atoms with van der Waals surface area (Å²) in [5.74, 6) is 0.480. The van der Waals surface area contributed by atoms with E-state index in [1.807, 2.05) is 37.4 Å². The summed E-state index contributed by atoms with van der Waals surface area (Å²) in [6, 6.07) is 12.2. The largest absolute Gasteiger partial charge is 0.299 e. The molecular weight excluding hydrogens is 272 g/mol. The average Bonchev–Trinajstić information content (AvgIpc) is 2.89. The van der Waals surface area contributed by atoms with Crippen LogP contribution in [0.3, 0.4) is 0 Å². The van der Waals surface area contributed by atoms with Crippen molar-refractivity contribution < 1.29 is 4.79 Å². The molecule has 0 aliphatic carbocycles. The van der Waals surface area contributed by atoms with E-state index in [0.29, 0.717) is 19.4 Å². The maximum absolute atomic E-state index is 12.3. The summed E-state index contributed by atoms with van der Waals surface area (Å²) in [4.78, 5) is 21.1. The highest BCUT2D eigenvalue weighted by Gasteiger charge is 2.16. The number of nitrogens with zero attached hydrogens (tertiary/aromatic N) is 2. The van der Waals surface area contributed by atoms with E-state index < -0.39 is 0 Å². The normalized spacial score (nSPS) is 14.4. The lowest BCUT2D eigenvalue weighted by Gasteiger charge is -2.11. The van der Waals surface area contributed by atoms with Gasteiger partial charge in [0.2, 0.25) is 0 Å². The smallest absolute Gasteiger partial charge is 0.139 e. The van der Waals surface area contributed by atoms with Crippen LogP contribution < -0.4 is 0 Å². The number of benzene rings is 1.